The topological polar surface area (TPSA) is 41.1 Å². The van der Waals surface area contributed by atoms with Gasteiger partial charge in [0, 0.05) is 12.6 Å². The van der Waals surface area contributed by atoms with Crippen molar-refractivity contribution in [2.24, 2.45) is 0 Å². The van der Waals surface area contributed by atoms with Gasteiger partial charge in [0.25, 0.3) is 0 Å². The Kier molecular flexibility index (Phi) is 8.24. The van der Waals surface area contributed by atoms with Crippen molar-refractivity contribution in [2.75, 3.05) is 13.1 Å². The van der Waals surface area contributed by atoms with E-state index in [0.29, 0.717) is 12.6 Å². The molecule has 3 nitrogen and oxygen atoms in total. The lowest BCUT2D eigenvalue weighted by Gasteiger charge is -2.10. The van der Waals surface area contributed by atoms with Crippen molar-refractivity contribution < 1.29 is 4.79 Å². The second kappa shape index (κ2) is 8.75. The van der Waals surface area contributed by atoms with Crippen molar-refractivity contribution in [3.63, 3.8) is 0 Å². The van der Waals surface area contributed by atoms with Gasteiger partial charge in [-0.25, -0.2) is 0 Å². The van der Waals surface area contributed by atoms with Gasteiger partial charge in [0.05, 0.1) is 6.54 Å². The number of rotatable bonds is 7. The van der Waals surface area contributed by atoms with Crippen molar-refractivity contribution in [3.05, 3.63) is 12.2 Å². The van der Waals surface area contributed by atoms with Crippen molar-refractivity contribution in [1.82, 2.24) is 10.6 Å². The predicted octanol–water partition coefficient (Wildman–Crippen LogP) is 1.46. The molecule has 0 fully saturated rings. The van der Waals surface area contributed by atoms with Crippen molar-refractivity contribution >= 4 is 5.91 Å². The molecule has 0 spiro atoms. The quantitative estimate of drug-likeness (QED) is 0.480. The number of allylic oxidation sites excluding steroid dienone is 1. The van der Waals surface area contributed by atoms with Crippen LogP contribution in [-0.4, -0.2) is 25.0 Å². The van der Waals surface area contributed by atoms with E-state index in [0.717, 1.165) is 19.4 Å². The molecule has 0 saturated carbocycles. The van der Waals surface area contributed by atoms with E-state index in [1.54, 1.807) is 0 Å². The van der Waals surface area contributed by atoms with Crippen molar-refractivity contribution in [2.45, 2.75) is 39.7 Å². The molecule has 0 aliphatic rings. The van der Waals surface area contributed by atoms with Crippen LogP contribution in [0.25, 0.3) is 0 Å². The van der Waals surface area contributed by atoms with Crippen LogP contribution in [0.4, 0.5) is 0 Å². The third-order valence-corrected chi connectivity index (χ3v) is 2.09. The molecule has 0 aliphatic carbocycles. The zero-order chi connectivity index (χ0) is 10.8. The van der Waals surface area contributed by atoms with E-state index in [1.165, 1.54) is 0 Å². The van der Waals surface area contributed by atoms with Gasteiger partial charge in [-0.2, -0.15) is 0 Å². The zero-order valence-corrected chi connectivity index (χ0v) is 9.47. The normalized spacial score (nSPS) is 13.1. The average molecular weight is 198 g/mol. The Morgan fingerprint density at radius 2 is 2.21 bits per heavy atom. The Morgan fingerprint density at radius 3 is 2.79 bits per heavy atom. The van der Waals surface area contributed by atoms with E-state index in [4.69, 9.17) is 0 Å². The van der Waals surface area contributed by atoms with Crippen LogP contribution in [0.2, 0.25) is 0 Å². The molecule has 82 valence electrons. The smallest absolute Gasteiger partial charge is 0.233 e. The molecule has 14 heavy (non-hydrogen) atoms. The Labute approximate surface area is 87.0 Å². The Morgan fingerprint density at radius 1 is 1.50 bits per heavy atom. The molecule has 0 heterocycles. The molecule has 0 aromatic heterocycles. The highest BCUT2D eigenvalue weighted by Gasteiger charge is 2.01. The predicted molar refractivity (Wildman–Crippen MR) is 60.2 cm³/mol. The lowest BCUT2D eigenvalue weighted by Crippen LogP contribution is -2.37. The lowest BCUT2D eigenvalue weighted by atomic mass is 10.2. The number of hydrogen-bond donors (Lipinski definition) is 2. The molecule has 1 atom stereocenters. The third kappa shape index (κ3) is 7.80. The summed E-state index contributed by atoms with van der Waals surface area (Å²) in [7, 11) is 0. The highest BCUT2D eigenvalue weighted by Crippen LogP contribution is 1.86. The van der Waals surface area contributed by atoms with E-state index in [2.05, 4.69) is 24.5 Å². The molecule has 0 bridgehead atoms. The van der Waals surface area contributed by atoms with Crippen LogP contribution >= 0.6 is 0 Å². The number of carbonyl (C=O) groups excluding carboxylic acids is 1. The number of carbonyl (C=O) groups is 1. The highest BCUT2D eigenvalue weighted by molar-refractivity contribution is 5.77. The van der Waals surface area contributed by atoms with Gasteiger partial charge in [0.1, 0.15) is 0 Å². The van der Waals surface area contributed by atoms with E-state index in [-0.39, 0.29) is 5.91 Å². The standard InChI is InChI=1S/C11H22N2O/c1-4-6-7-8-12-11(14)9-13-10(3)5-2/h4,6,10,13H,5,7-9H2,1-3H3,(H,12,14)/b6-4+. The largest absolute Gasteiger partial charge is 0.355 e. The monoisotopic (exact) mass is 198 g/mol. The number of amides is 1. The Hall–Kier alpha value is -0.830. The lowest BCUT2D eigenvalue weighted by molar-refractivity contribution is -0.120. The van der Waals surface area contributed by atoms with Gasteiger partial charge < -0.3 is 10.6 Å². The van der Waals surface area contributed by atoms with Crippen LogP contribution in [0.1, 0.15) is 33.6 Å². The maximum atomic E-state index is 11.2. The number of hydrogen-bond acceptors (Lipinski definition) is 2. The average Bonchev–Trinajstić information content (AvgIpc) is 2.21. The van der Waals surface area contributed by atoms with Crippen LogP contribution < -0.4 is 10.6 Å². The van der Waals surface area contributed by atoms with E-state index < -0.39 is 0 Å². The minimum Gasteiger partial charge on any atom is -0.355 e. The summed E-state index contributed by atoms with van der Waals surface area (Å²) in [6, 6.07) is 0.413. The van der Waals surface area contributed by atoms with Crippen LogP contribution in [0.3, 0.4) is 0 Å². The van der Waals surface area contributed by atoms with Gasteiger partial charge in [0.15, 0.2) is 0 Å². The summed E-state index contributed by atoms with van der Waals surface area (Å²) in [5.41, 5.74) is 0. The minimum atomic E-state index is 0.0785. The van der Waals surface area contributed by atoms with Crippen molar-refractivity contribution in [3.8, 4) is 0 Å². The third-order valence-electron chi connectivity index (χ3n) is 2.09. The number of nitrogens with one attached hydrogen (secondary N) is 2. The first-order valence-corrected chi connectivity index (χ1v) is 5.32. The molecule has 2 N–H and O–H groups in total. The van der Waals surface area contributed by atoms with E-state index in [1.807, 2.05) is 19.1 Å². The summed E-state index contributed by atoms with van der Waals surface area (Å²) in [5, 5.41) is 5.99. The summed E-state index contributed by atoms with van der Waals surface area (Å²) in [4.78, 5) is 11.2. The van der Waals surface area contributed by atoms with Gasteiger partial charge in [-0.05, 0) is 26.7 Å². The molecule has 3 heteroatoms. The fourth-order valence-electron chi connectivity index (χ4n) is 0.935. The van der Waals surface area contributed by atoms with Gasteiger partial charge in [-0.1, -0.05) is 19.1 Å². The molecule has 0 aromatic rings. The molecule has 1 unspecified atom stereocenters. The summed E-state index contributed by atoms with van der Waals surface area (Å²) >= 11 is 0. The van der Waals surface area contributed by atoms with Crippen LogP contribution in [0.15, 0.2) is 12.2 Å². The second-order valence-corrected chi connectivity index (χ2v) is 3.40. The van der Waals surface area contributed by atoms with E-state index in [9.17, 15) is 4.79 Å². The summed E-state index contributed by atoms with van der Waals surface area (Å²) < 4.78 is 0. The molecule has 0 rings (SSSR count). The van der Waals surface area contributed by atoms with E-state index >= 15 is 0 Å². The first kappa shape index (κ1) is 13.2. The summed E-state index contributed by atoms with van der Waals surface area (Å²) in [6.07, 6.45) is 5.99. The molecular weight excluding hydrogens is 176 g/mol. The molecular formula is C11H22N2O. The maximum Gasteiger partial charge on any atom is 0.233 e. The molecule has 0 aromatic carbocycles. The van der Waals surface area contributed by atoms with Crippen molar-refractivity contribution in [1.29, 1.82) is 0 Å². The second-order valence-electron chi connectivity index (χ2n) is 3.40. The van der Waals surface area contributed by atoms with Gasteiger partial charge in [0.2, 0.25) is 5.91 Å². The van der Waals surface area contributed by atoms with Gasteiger partial charge in [-0.15, -0.1) is 0 Å². The van der Waals surface area contributed by atoms with Crippen LogP contribution in [0.5, 0.6) is 0 Å². The Bertz CT molecular complexity index is 178. The van der Waals surface area contributed by atoms with Crippen LogP contribution in [0, 0.1) is 0 Å². The molecule has 0 aliphatic heterocycles. The molecule has 0 saturated heterocycles. The zero-order valence-electron chi connectivity index (χ0n) is 9.47. The fourth-order valence-corrected chi connectivity index (χ4v) is 0.935. The molecule has 0 radical (unpaired) electrons. The Balaban J connectivity index is 3.37. The SMILES string of the molecule is C/C=C/CCNC(=O)CNC(C)CC. The van der Waals surface area contributed by atoms with Gasteiger partial charge in [-0.3, -0.25) is 4.79 Å². The fraction of sp³-hybridized carbons (Fsp3) is 0.727. The summed E-state index contributed by atoms with van der Waals surface area (Å²) in [5.74, 6) is 0.0785. The maximum absolute atomic E-state index is 11.2. The minimum absolute atomic E-state index is 0.0785. The summed E-state index contributed by atoms with van der Waals surface area (Å²) in [6.45, 7) is 7.30. The van der Waals surface area contributed by atoms with Crippen LogP contribution in [-0.2, 0) is 4.79 Å². The molecule has 1 amide bonds. The first-order chi connectivity index (χ1) is 6.70. The van der Waals surface area contributed by atoms with Gasteiger partial charge >= 0.3 is 0 Å². The first-order valence-electron chi connectivity index (χ1n) is 5.32. The highest BCUT2D eigenvalue weighted by atomic mass is 16.1.